The Bertz CT molecular complexity index is 717. The van der Waals surface area contributed by atoms with Gasteiger partial charge in [0.1, 0.15) is 5.52 Å². The summed E-state index contributed by atoms with van der Waals surface area (Å²) in [6, 6.07) is 6.27. The maximum atomic E-state index is 10.4. The first-order valence-electron chi connectivity index (χ1n) is 10.4. The van der Waals surface area contributed by atoms with Gasteiger partial charge in [-0.25, -0.2) is 4.98 Å². The number of carbonyl (C=O) groups is 1. The molecule has 0 fully saturated rings. The van der Waals surface area contributed by atoms with Crippen LogP contribution in [-0.4, -0.2) is 16.1 Å². The van der Waals surface area contributed by atoms with Gasteiger partial charge in [0.2, 0.25) is 0 Å². The second-order valence-corrected chi connectivity index (χ2v) is 7.31. The number of fused-ring (bicyclic) bond motifs is 1. The lowest BCUT2D eigenvalue weighted by Crippen LogP contribution is -1.93. The summed E-state index contributed by atoms with van der Waals surface area (Å²) in [5, 5.41) is 8.58. The first kappa shape index (κ1) is 21.2. The van der Waals surface area contributed by atoms with E-state index in [-0.39, 0.29) is 0 Å². The Hall–Kier alpha value is -2.10. The Morgan fingerprint density at radius 3 is 2.41 bits per heavy atom. The van der Waals surface area contributed by atoms with Crippen LogP contribution in [0.15, 0.2) is 34.8 Å². The van der Waals surface area contributed by atoms with Crippen LogP contribution in [0.25, 0.3) is 11.1 Å². The van der Waals surface area contributed by atoms with Crippen LogP contribution in [0.2, 0.25) is 0 Å². The summed E-state index contributed by atoms with van der Waals surface area (Å²) in [5.41, 5.74) is 3.13. The first-order chi connectivity index (χ1) is 13.1. The molecule has 4 nitrogen and oxygen atoms in total. The monoisotopic (exact) mass is 371 g/mol. The van der Waals surface area contributed by atoms with Crippen LogP contribution in [0.1, 0.15) is 82.1 Å². The average Bonchev–Trinajstić information content (AvgIpc) is 3.01. The van der Waals surface area contributed by atoms with Gasteiger partial charge < -0.3 is 9.52 Å². The maximum Gasteiger partial charge on any atom is 0.303 e. The minimum atomic E-state index is -0.672. The first-order valence-corrected chi connectivity index (χ1v) is 10.4. The Balaban J connectivity index is 1.44. The molecule has 2 rings (SSSR count). The largest absolute Gasteiger partial charge is 0.481 e. The fourth-order valence-electron chi connectivity index (χ4n) is 3.33. The average molecular weight is 372 g/mol. The molecule has 0 aliphatic carbocycles. The zero-order chi connectivity index (χ0) is 19.3. The molecule has 148 valence electrons. The topological polar surface area (TPSA) is 63.3 Å². The van der Waals surface area contributed by atoms with Crippen LogP contribution in [0.3, 0.4) is 0 Å². The van der Waals surface area contributed by atoms with E-state index in [1.165, 1.54) is 50.5 Å². The van der Waals surface area contributed by atoms with E-state index in [1.54, 1.807) is 0 Å². The highest BCUT2D eigenvalue weighted by atomic mass is 16.4. The highest BCUT2D eigenvalue weighted by Crippen LogP contribution is 2.18. The molecule has 4 heteroatoms. The van der Waals surface area contributed by atoms with E-state index in [1.807, 2.05) is 13.0 Å². The molecule has 1 N–H and O–H groups in total. The molecule has 1 aromatic carbocycles. The van der Waals surface area contributed by atoms with Crippen LogP contribution in [-0.2, 0) is 11.2 Å². The lowest BCUT2D eigenvalue weighted by molar-refractivity contribution is -0.137. The second kappa shape index (κ2) is 12.3. The lowest BCUT2D eigenvalue weighted by atomic mass is 10.1. The van der Waals surface area contributed by atoms with Crippen LogP contribution >= 0.6 is 0 Å². The standard InChI is InChI=1S/C23H33NO3/c1-19-24-21-18-20(16-17-22(21)27-19)14-12-10-8-6-4-2-3-5-7-9-11-13-15-23(25)26/h8,10,16-18H,2-7,9,11-15H2,1H3,(H,25,26). The molecule has 1 heterocycles. The van der Waals surface area contributed by atoms with Gasteiger partial charge in [-0.3, -0.25) is 4.79 Å². The number of rotatable bonds is 14. The quantitative estimate of drug-likeness (QED) is 0.300. The predicted molar refractivity (Wildman–Crippen MR) is 110 cm³/mol. The van der Waals surface area contributed by atoms with Crippen molar-refractivity contribution < 1.29 is 14.3 Å². The van der Waals surface area contributed by atoms with Gasteiger partial charge in [-0.2, -0.15) is 0 Å². The summed E-state index contributed by atoms with van der Waals surface area (Å²) in [6.45, 7) is 1.88. The molecule has 0 aliphatic heterocycles. The van der Waals surface area contributed by atoms with Crippen LogP contribution < -0.4 is 0 Å². The SMILES string of the molecule is Cc1nc2cc(CCC=CCCCCCCCCCCC(=O)O)ccc2o1. The highest BCUT2D eigenvalue weighted by molar-refractivity contribution is 5.73. The van der Waals surface area contributed by atoms with Crippen LogP contribution in [0.5, 0.6) is 0 Å². The van der Waals surface area contributed by atoms with Gasteiger partial charge in [-0.15, -0.1) is 0 Å². The Morgan fingerprint density at radius 2 is 1.67 bits per heavy atom. The molecule has 0 spiro atoms. The summed E-state index contributed by atoms with van der Waals surface area (Å²) in [6.07, 6.45) is 17.6. The molecular formula is C23H33NO3. The third kappa shape index (κ3) is 8.89. The number of aromatic nitrogens is 1. The predicted octanol–water partition coefficient (Wildman–Crippen LogP) is 6.61. The zero-order valence-corrected chi connectivity index (χ0v) is 16.6. The second-order valence-electron chi connectivity index (χ2n) is 7.31. The van der Waals surface area contributed by atoms with E-state index in [4.69, 9.17) is 9.52 Å². The number of nitrogens with zero attached hydrogens (tertiary/aromatic N) is 1. The minimum Gasteiger partial charge on any atom is -0.481 e. The molecule has 0 amide bonds. The summed E-state index contributed by atoms with van der Waals surface area (Å²) in [5.74, 6) is 0.0504. The van der Waals surface area contributed by atoms with Gasteiger partial charge in [0.05, 0.1) is 0 Å². The molecular weight excluding hydrogens is 338 g/mol. The minimum absolute atomic E-state index is 0.320. The van der Waals surface area contributed by atoms with Crippen molar-refractivity contribution in [2.75, 3.05) is 0 Å². The van der Waals surface area contributed by atoms with Crippen molar-refractivity contribution in [1.29, 1.82) is 0 Å². The van der Waals surface area contributed by atoms with Crippen molar-refractivity contribution in [3.63, 3.8) is 0 Å². The molecule has 2 aromatic rings. The van der Waals surface area contributed by atoms with Crippen molar-refractivity contribution in [1.82, 2.24) is 4.98 Å². The molecule has 1 aromatic heterocycles. The summed E-state index contributed by atoms with van der Waals surface area (Å²) >= 11 is 0. The Morgan fingerprint density at radius 1 is 1.00 bits per heavy atom. The molecule has 0 aliphatic rings. The van der Waals surface area contributed by atoms with E-state index in [0.717, 1.165) is 42.7 Å². The number of carboxylic acids is 1. The Labute approximate surface area is 162 Å². The number of unbranched alkanes of at least 4 members (excludes halogenated alkanes) is 8. The van der Waals surface area contributed by atoms with Gasteiger partial charge >= 0.3 is 5.97 Å². The molecule has 0 saturated heterocycles. The summed E-state index contributed by atoms with van der Waals surface area (Å²) in [7, 11) is 0. The van der Waals surface area contributed by atoms with Crippen molar-refractivity contribution >= 4 is 17.1 Å². The molecule has 0 bridgehead atoms. The maximum absolute atomic E-state index is 10.4. The third-order valence-corrected chi connectivity index (χ3v) is 4.84. The van der Waals surface area contributed by atoms with Crippen molar-refractivity contribution in [2.45, 2.75) is 84.0 Å². The number of hydrogen-bond donors (Lipinski definition) is 1. The van der Waals surface area contributed by atoms with Crippen molar-refractivity contribution in [2.24, 2.45) is 0 Å². The van der Waals surface area contributed by atoms with Gasteiger partial charge in [0, 0.05) is 13.3 Å². The number of benzene rings is 1. The summed E-state index contributed by atoms with van der Waals surface area (Å²) in [4.78, 5) is 14.8. The van der Waals surface area contributed by atoms with Crippen molar-refractivity contribution in [3.05, 3.63) is 41.8 Å². The van der Waals surface area contributed by atoms with Crippen LogP contribution in [0, 0.1) is 6.92 Å². The smallest absolute Gasteiger partial charge is 0.303 e. The van der Waals surface area contributed by atoms with E-state index in [9.17, 15) is 4.79 Å². The lowest BCUT2D eigenvalue weighted by Gasteiger charge is -2.01. The van der Waals surface area contributed by atoms with Gasteiger partial charge in [-0.1, -0.05) is 56.7 Å². The number of allylic oxidation sites excluding steroid dienone is 2. The number of oxazole rings is 1. The van der Waals surface area contributed by atoms with E-state index in [0.29, 0.717) is 6.42 Å². The van der Waals surface area contributed by atoms with Gasteiger partial charge in [0.25, 0.3) is 0 Å². The molecule has 0 saturated carbocycles. The fraction of sp³-hybridized carbons (Fsp3) is 0.565. The van der Waals surface area contributed by atoms with Crippen molar-refractivity contribution in [3.8, 4) is 0 Å². The molecule has 0 radical (unpaired) electrons. The zero-order valence-electron chi connectivity index (χ0n) is 16.6. The van der Waals surface area contributed by atoms with Crippen LogP contribution in [0.4, 0.5) is 0 Å². The third-order valence-electron chi connectivity index (χ3n) is 4.84. The van der Waals surface area contributed by atoms with Gasteiger partial charge in [-0.05, 0) is 49.8 Å². The number of aryl methyl sites for hydroxylation is 2. The van der Waals surface area contributed by atoms with Gasteiger partial charge in [0.15, 0.2) is 11.5 Å². The fourth-order valence-corrected chi connectivity index (χ4v) is 3.33. The van der Waals surface area contributed by atoms with E-state index in [2.05, 4.69) is 29.3 Å². The molecule has 0 unspecified atom stereocenters. The highest BCUT2D eigenvalue weighted by Gasteiger charge is 2.02. The number of carboxylic acid groups (broad SMARTS) is 1. The Kier molecular flexibility index (Phi) is 9.67. The molecule has 0 atom stereocenters. The number of aliphatic carboxylic acids is 1. The van der Waals surface area contributed by atoms with E-state index < -0.39 is 5.97 Å². The normalized spacial score (nSPS) is 11.6. The molecule has 27 heavy (non-hydrogen) atoms. The van der Waals surface area contributed by atoms with E-state index >= 15 is 0 Å². The number of hydrogen-bond acceptors (Lipinski definition) is 3. The summed E-state index contributed by atoms with van der Waals surface area (Å²) < 4.78 is 5.51.